The highest BCUT2D eigenvalue weighted by molar-refractivity contribution is 6.11. The van der Waals surface area contributed by atoms with E-state index in [4.69, 9.17) is 0 Å². The monoisotopic (exact) mass is 253 g/mol. The van der Waals surface area contributed by atoms with Crippen LogP contribution in [0.2, 0.25) is 0 Å². The van der Waals surface area contributed by atoms with E-state index in [1.807, 2.05) is 18.2 Å². The van der Waals surface area contributed by atoms with Gasteiger partial charge in [-0.05, 0) is 36.6 Å². The smallest absolute Gasteiger partial charge is 0.125 e. The Hall–Kier alpha value is -1.96. The van der Waals surface area contributed by atoms with Crippen molar-refractivity contribution in [3.05, 3.63) is 42.0 Å². The highest BCUT2D eigenvalue weighted by atomic mass is 16.3. The van der Waals surface area contributed by atoms with Crippen LogP contribution in [0.15, 0.2) is 36.4 Å². The number of para-hydroxylation sites is 1. The first-order valence-electron chi connectivity index (χ1n) is 6.91. The van der Waals surface area contributed by atoms with Gasteiger partial charge < -0.3 is 9.67 Å². The van der Waals surface area contributed by atoms with Gasteiger partial charge in [-0.2, -0.15) is 0 Å². The zero-order valence-corrected chi connectivity index (χ0v) is 11.5. The highest BCUT2D eigenvalue weighted by Gasteiger charge is 2.12. The zero-order valence-electron chi connectivity index (χ0n) is 11.5. The SMILES string of the molecule is CCCCc1cc(O)c2c3ccccc3n(C)c2c1. The summed E-state index contributed by atoms with van der Waals surface area (Å²) in [6.45, 7) is 2.19. The molecule has 0 radical (unpaired) electrons. The van der Waals surface area contributed by atoms with Crippen LogP contribution < -0.4 is 0 Å². The van der Waals surface area contributed by atoms with E-state index < -0.39 is 0 Å². The summed E-state index contributed by atoms with van der Waals surface area (Å²) in [6, 6.07) is 12.4. The number of phenols is 1. The summed E-state index contributed by atoms with van der Waals surface area (Å²) < 4.78 is 2.17. The van der Waals surface area contributed by atoms with Crippen molar-refractivity contribution in [1.29, 1.82) is 0 Å². The predicted molar refractivity (Wildman–Crippen MR) is 80.7 cm³/mol. The van der Waals surface area contributed by atoms with E-state index in [1.165, 1.54) is 17.5 Å². The molecule has 0 atom stereocenters. The lowest BCUT2D eigenvalue weighted by Gasteiger charge is -2.04. The molecule has 2 aromatic carbocycles. The summed E-state index contributed by atoms with van der Waals surface area (Å²) in [4.78, 5) is 0. The number of phenolic OH excluding ortho intramolecular Hbond substituents is 1. The molecule has 0 spiro atoms. The Bertz CT molecular complexity index is 740. The van der Waals surface area contributed by atoms with Crippen molar-refractivity contribution in [2.45, 2.75) is 26.2 Å². The summed E-state index contributed by atoms with van der Waals surface area (Å²) in [5, 5.41) is 12.4. The molecule has 1 aromatic heterocycles. The van der Waals surface area contributed by atoms with E-state index in [0.29, 0.717) is 5.75 Å². The number of nitrogens with zero attached hydrogens (tertiary/aromatic N) is 1. The van der Waals surface area contributed by atoms with Crippen LogP contribution in [0, 0.1) is 0 Å². The third-order valence-corrected chi connectivity index (χ3v) is 3.87. The summed E-state index contributed by atoms with van der Waals surface area (Å²) in [5.74, 6) is 0.403. The molecular weight excluding hydrogens is 234 g/mol. The molecule has 1 heterocycles. The predicted octanol–water partition coefficient (Wildman–Crippen LogP) is 4.38. The van der Waals surface area contributed by atoms with Gasteiger partial charge in [-0.1, -0.05) is 31.5 Å². The number of hydrogen-bond donors (Lipinski definition) is 1. The maximum absolute atomic E-state index is 10.3. The lowest BCUT2D eigenvalue weighted by molar-refractivity contribution is 0.481. The molecule has 3 aromatic rings. The first-order valence-corrected chi connectivity index (χ1v) is 6.91. The van der Waals surface area contributed by atoms with Gasteiger partial charge in [0, 0.05) is 23.3 Å². The van der Waals surface area contributed by atoms with Gasteiger partial charge in [0.2, 0.25) is 0 Å². The molecule has 2 nitrogen and oxygen atoms in total. The maximum Gasteiger partial charge on any atom is 0.125 e. The molecule has 98 valence electrons. The molecule has 0 saturated carbocycles. The average Bonchev–Trinajstić information content (AvgIpc) is 2.71. The fourth-order valence-electron chi connectivity index (χ4n) is 2.84. The van der Waals surface area contributed by atoms with Gasteiger partial charge in [0.1, 0.15) is 5.75 Å². The maximum atomic E-state index is 10.3. The van der Waals surface area contributed by atoms with Crippen LogP contribution in [0.1, 0.15) is 25.3 Å². The Labute approximate surface area is 113 Å². The molecule has 0 amide bonds. The Morgan fingerprint density at radius 2 is 1.89 bits per heavy atom. The molecule has 1 N–H and O–H groups in total. The molecule has 3 rings (SSSR count). The molecule has 0 aliphatic carbocycles. The zero-order chi connectivity index (χ0) is 13.4. The van der Waals surface area contributed by atoms with E-state index >= 15 is 0 Å². The number of aryl methyl sites for hydroxylation is 2. The van der Waals surface area contributed by atoms with Crippen molar-refractivity contribution >= 4 is 21.8 Å². The van der Waals surface area contributed by atoms with Crippen molar-refractivity contribution < 1.29 is 5.11 Å². The van der Waals surface area contributed by atoms with Gasteiger partial charge in [-0.15, -0.1) is 0 Å². The van der Waals surface area contributed by atoms with E-state index in [-0.39, 0.29) is 0 Å². The van der Waals surface area contributed by atoms with E-state index in [0.717, 1.165) is 29.1 Å². The quantitative estimate of drug-likeness (QED) is 0.736. The van der Waals surface area contributed by atoms with Crippen LogP contribution in [0.25, 0.3) is 21.8 Å². The number of aromatic nitrogens is 1. The van der Waals surface area contributed by atoms with Crippen molar-refractivity contribution in [3.63, 3.8) is 0 Å². The minimum absolute atomic E-state index is 0.403. The topological polar surface area (TPSA) is 25.2 Å². The Morgan fingerprint density at radius 1 is 1.11 bits per heavy atom. The molecule has 0 saturated heterocycles. The molecule has 0 bridgehead atoms. The summed E-state index contributed by atoms with van der Waals surface area (Å²) in [7, 11) is 2.06. The summed E-state index contributed by atoms with van der Waals surface area (Å²) >= 11 is 0. The number of rotatable bonds is 3. The Morgan fingerprint density at radius 3 is 2.68 bits per heavy atom. The normalized spacial score (nSPS) is 11.5. The van der Waals surface area contributed by atoms with Crippen molar-refractivity contribution in [2.75, 3.05) is 0 Å². The highest BCUT2D eigenvalue weighted by Crippen LogP contribution is 2.35. The Kier molecular flexibility index (Phi) is 2.94. The van der Waals surface area contributed by atoms with E-state index in [9.17, 15) is 5.11 Å². The number of benzene rings is 2. The van der Waals surface area contributed by atoms with Crippen LogP contribution >= 0.6 is 0 Å². The minimum atomic E-state index is 0.403. The van der Waals surface area contributed by atoms with Crippen molar-refractivity contribution in [1.82, 2.24) is 4.57 Å². The molecule has 2 heteroatoms. The Balaban J connectivity index is 2.30. The van der Waals surface area contributed by atoms with Crippen LogP contribution in [-0.4, -0.2) is 9.67 Å². The molecule has 0 aliphatic rings. The largest absolute Gasteiger partial charge is 0.507 e. The number of aromatic hydroxyl groups is 1. The standard InChI is InChI=1S/C17H19NO/c1-3-4-7-12-10-15-17(16(19)11-12)13-8-5-6-9-14(13)18(15)2/h5-6,8-11,19H,3-4,7H2,1-2H3. The van der Waals surface area contributed by atoms with Gasteiger partial charge in [0.25, 0.3) is 0 Å². The van der Waals surface area contributed by atoms with Gasteiger partial charge in [-0.25, -0.2) is 0 Å². The summed E-state index contributed by atoms with van der Waals surface area (Å²) in [5.41, 5.74) is 3.51. The van der Waals surface area contributed by atoms with Gasteiger partial charge >= 0.3 is 0 Å². The van der Waals surface area contributed by atoms with Crippen molar-refractivity contribution in [3.8, 4) is 5.75 Å². The first kappa shape index (κ1) is 12.1. The lowest BCUT2D eigenvalue weighted by Crippen LogP contribution is -1.89. The molecule has 0 aliphatic heterocycles. The van der Waals surface area contributed by atoms with Crippen LogP contribution in [0.4, 0.5) is 0 Å². The van der Waals surface area contributed by atoms with Gasteiger partial charge in [0.15, 0.2) is 0 Å². The second kappa shape index (κ2) is 4.61. The van der Waals surface area contributed by atoms with Crippen LogP contribution in [-0.2, 0) is 13.5 Å². The number of fused-ring (bicyclic) bond motifs is 3. The fraction of sp³-hybridized carbons (Fsp3) is 0.294. The molecule has 0 unspecified atom stereocenters. The number of hydrogen-bond acceptors (Lipinski definition) is 1. The van der Waals surface area contributed by atoms with Crippen molar-refractivity contribution in [2.24, 2.45) is 7.05 Å². The summed E-state index contributed by atoms with van der Waals surface area (Å²) in [6.07, 6.45) is 3.37. The lowest BCUT2D eigenvalue weighted by atomic mass is 10.0. The number of unbranched alkanes of at least 4 members (excludes halogenated alkanes) is 1. The van der Waals surface area contributed by atoms with Gasteiger partial charge in [0.05, 0.1) is 5.52 Å². The van der Waals surface area contributed by atoms with E-state index in [1.54, 1.807) is 0 Å². The second-order valence-corrected chi connectivity index (χ2v) is 5.19. The molecule has 0 fully saturated rings. The average molecular weight is 253 g/mol. The molecular formula is C17H19NO. The third-order valence-electron chi connectivity index (χ3n) is 3.87. The minimum Gasteiger partial charge on any atom is -0.507 e. The van der Waals surface area contributed by atoms with Gasteiger partial charge in [-0.3, -0.25) is 0 Å². The van der Waals surface area contributed by atoms with Crippen LogP contribution in [0.5, 0.6) is 5.75 Å². The fourth-order valence-corrected chi connectivity index (χ4v) is 2.84. The third kappa shape index (κ3) is 1.88. The molecule has 19 heavy (non-hydrogen) atoms. The first-order chi connectivity index (χ1) is 9.22. The van der Waals surface area contributed by atoms with E-state index in [2.05, 4.69) is 36.7 Å². The van der Waals surface area contributed by atoms with Crippen LogP contribution in [0.3, 0.4) is 0 Å². The second-order valence-electron chi connectivity index (χ2n) is 5.19.